The zero-order valence-electron chi connectivity index (χ0n) is 13.1. The Labute approximate surface area is 134 Å². The van der Waals surface area contributed by atoms with Crippen molar-refractivity contribution >= 4 is 5.95 Å². The third-order valence-electron chi connectivity index (χ3n) is 3.61. The topological polar surface area (TPSA) is 76.9 Å². The van der Waals surface area contributed by atoms with E-state index in [0.717, 1.165) is 13.0 Å². The Morgan fingerprint density at radius 2 is 1.83 bits per heavy atom. The summed E-state index contributed by atoms with van der Waals surface area (Å²) in [6, 6.07) is 6.96. The average molecular weight is 317 g/mol. The monoisotopic (exact) mass is 317 g/mol. The first-order valence-corrected chi connectivity index (χ1v) is 7.35. The number of ether oxygens (including phenoxy) is 3. The van der Waals surface area contributed by atoms with E-state index in [-0.39, 0.29) is 6.10 Å². The Kier molecular flexibility index (Phi) is 4.47. The molecule has 0 bridgehead atoms. The number of hydrogen-bond acceptors (Lipinski definition) is 7. The van der Waals surface area contributed by atoms with Gasteiger partial charge in [-0.3, -0.25) is 0 Å². The zero-order valence-corrected chi connectivity index (χ0v) is 13.1. The third kappa shape index (κ3) is 3.62. The van der Waals surface area contributed by atoms with Crippen LogP contribution in [0.25, 0.3) is 0 Å². The molecule has 0 amide bonds. The van der Waals surface area contributed by atoms with Crippen molar-refractivity contribution in [2.75, 3.05) is 32.2 Å². The van der Waals surface area contributed by atoms with Gasteiger partial charge in [0.25, 0.3) is 0 Å². The molecule has 1 atom stereocenters. The minimum Gasteiger partial charge on any atom is -0.496 e. The molecule has 1 aliphatic rings. The van der Waals surface area contributed by atoms with E-state index in [2.05, 4.69) is 9.97 Å². The summed E-state index contributed by atoms with van der Waals surface area (Å²) in [5.74, 6) is 2.81. The molecular weight excluding hydrogens is 298 g/mol. The van der Waals surface area contributed by atoms with Crippen molar-refractivity contribution < 1.29 is 19.3 Å². The van der Waals surface area contributed by atoms with Crippen molar-refractivity contribution in [3.63, 3.8) is 0 Å². The number of aromatic nitrogens is 2. The fourth-order valence-electron chi connectivity index (χ4n) is 2.43. The highest BCUT2D eigenvalue weighted by Crippen LogP contribution is 2.30. The number of rotatable bonds is 5. The van der Waals surface area contributed by atoms with Gasteiger partial charge in [0.1, 0.15) is 17.2 Å². The standard InChI is InChI=1S/C16H19N3O4/c1-21-12-7-13(22-2)9-14(8-12)23-15-3-5-17-16(18-15)19-6-4-11(20)10-19/h3,5,7-9,11,20H,4,6,10H2,1-2H3/t11-/m1/s1. The lowest BCUT2D eigenvalue weighted by atomic mass is 10.3. The lowest BCUT2D eigenvalue weighted by Crippen LogP contribution is -2.23. The molecule has 0 aliphatic carbocycles. The summed E-state index contributed by atoms with van der Waals surface area (Å²) in [6.45, 7) is 1.27. The average Bonchev–Trinajstić information content (AvgIpc) is 3.01. The lowest BCUT2D eigenvalue weighted by Gasteiger charge is -2.16. The summed E-state index contributed by atoms with van der Waals surface area (Å²) in [4.78, 5) is 10.6. The van der Waals surface area contributed by atoms with Gasteiger partial charge in [-0.25, -0.2) is 4.98 Å². The highest BCUT2D eigenvalue weighted by Gasteiger charge is 2.22. The first kappa shape index (κ1) is 15.4. The summed E-state index contributed by atoms with van der Waals surface area (Å²) >= 11 is 0. The fourth-order valence-corrected chi connectivity index (χ4v) is 2.43. The quantitative estimate of drug-likeness (QED) is 0.902. The summed E-state index contributed by atoms with van der Waals surface area (Å²) < 4.78 is 16.2. The zero-order chi connectivity index (χ0) is 16.2. The van der Waals surface area contributed by atoms with Crippen molar-refractivity contribution in [3.8, 4) is 23.1 Å². The van der Waals surface area contributed by atoms with Crippen molar-refractivity contribution in [2.45, 2.75) is 12.5 Å². The number of aliphatic hydroxyl groups is 1. The number of β-amino-alcohol motifs (C(OH)–C–C–N with tert-alkyl or cyclic N) is 1. The van der Waals surface area contributed by atoms with Crippen molar-refractivity contribution in [1.29, 1.82) is 0 Å². The summed E-state index contributed by atoms with van der Waals surface area (Å²) in [5, 5.41) is 9.62. The predicted octanol–water partition coefficient (Wildman–Crippen LogP) is 1.86. The third-order valence-corrected chi connectivity index (χ3v) is 3.61. The molecule has 0 saturated carbocycles. The molecule has 1 aromatic carbocycles. The van der Waals surface area contributed by atoms with Gasteiger partial charge in [0.05, 0.1) is 20.3 Å². The molecule has 2 aromatic rings. The summed E-state index contributed by atoms with van der Waals surface area (Å²) in [5.41, 5.74) is 0. The van der Waals surface area contributed by atoms with Gasteiger partial charge in [-0.15, -0.1) is 0 Å². The highest BCUT2D eigenvalue weighted by atomic mass is 16.5. The van der Waals surface area contributed by atoms with Crippen LogP contribution >= 0.6 is 0 Å². The normalized spacial score (nSPS) is 17.2. The largest absolute Gasteiger partial charge is 0.496 e. The Morgan fingerprint density at radius 1 is 1.13 bits per heavy atom. The van der Waals surface area contributed by atoms with Crippen molar-refractivity contribution in [1.82, 2.24) is 9.97 Å². The minimum atomic E-state index is -0.328. The van der Waals surface area contributed by atoms with Gasteiger partial charge >= 0.3 is 0 Å². The number of hydrogen-bond donors (Lipinski definition) is 1. The van der Waals surface area contributed by atoms with Crippen LogP contribution in [0.2, 0.25) is 0 Å². The molecule has 2 heterocycles. The summed E-state index contributed by atoms with van der Waals surface area (Å²) in [7, 11) is 3.17. The molecular formula is C16H19N3O4. The van der Waals surface area contributed by atoms with Crippen LogP contribution in [0, 0.1) is 0 Å². The second-order valence-corrected chi connectivity index (χ2v) is 5.23. The fraction of sp³-hybridized carbons (Fsp3) is 0.375. The maximum atomic E-state index is 9.62. The van der Waals surface area contributed by atoms with Gasteiger partial charge < -0.3 is 24.2 Å². The molecule has 1 aliphatic heterocycles. The molecule has 122 valence electrons. The first-order valence-electron chi connectivity index (χ1n) is 7.35. The van der Waals surface area contributed by atoms with E-state index in [4.69, 9.17) is 14.2 Å². The maximum Gasteiger partial charge on any atom is 0.228 e. The molecule has 23 heavy (non-hydrogen) atoms. The van der Waals surface area contributed by atoms with Gasteiger partial charge in [-0.05, 0) is 6.42 Å². The number of anilines is 1. The van der Waals surface area contributed by atoms with Crippen LogP contribution in [0.4, 0.5) is 5.95 Å². The van der Waals surface area contributed by atoms with Crippen LogP contribution in [0.15, 0.2) is 30.5 Å². The van der Waals surface area contributed by atoms with Crippen molar-refractivity contribution in [3.05, 3.63) is 30.5 Å². The van der Waals surface area contributed by atoms with Crippen LogP contribution in [-0.4, -0.2) is 48.5 Å². The first-order chi connectivity index (χ1) is 11.2. The number of benzene rings is 1. The Balaban J connectivity index is 1.80. The van der Waals surface area contributed by atoms with E-state index >= 15 is 0 Å². The number of methoxy groups -OCH3 is 2. The van der Waals surface area contributed by atoms with Crippen LogP contribution in [0.3, 0.4) is 0 Å². The SMILES string of the molecule is COc1cc(OC)cc(Oc2ccnc(N3CC[C@@H](O)C3)n2)c1. The van der Waals surface area contributed by atoms with Gasteiger partial charge in [-0.2, -0.15) is 4.98 Å². The molecule has 0 radical (unpaired) electrons. The van der Waals surface area contributed by atoms with Crippen LogP contribution in [0.1, 0.15) is 6.42 Å². The van der Waals surface area contributed by atoms with Crippen LogP contribution in [0.5, 0.6) is 23.1 Å². The Bertz CT molecular complexity index is 658. The molecule has 1 saturated heterocycles. The number of aliphatic hydroxyl groups excluding tert-OH is 1. The maximum absolute atomic E-state index is 9.62. The van der Waals surface area contributed by atoms with Gasteiger partial charge in [0.15, 0.2) is 0 Å². The number of nitrogens with zero attached hydrogens (tertiary/aromatic N) is 3. The molecule has 1 fully saturated rings. The smallest absolute Gasteiger partial charge is 0.228 e. The summed E-state index contributed by atoms with van der Waals surface area (Å²) in [6.07, 6.45) is 2.03. The molecule has 1 N–H and O–H groups in total. The van der Waals surface area contributed by atoms with E-state index in [1.165, 1.54) is 0 Å². The molecule has 3 rings (SSSR count). The van der Waals surface area contributed by atoms with E-state index in [1.54, 1.807) is 44.7 Å². The van der Waals surface area contributed by atoms with E-state index < -0.39 is 0 Å². The van der Waals surface area contributed by atoms with E-state index in [0.29, 0.717) is 35.6 Å². The Morgan fingerprint density at radius 3 is 2.43 bits per heavy atom. The lowest BCUT2D eigenvalue weighted by molar-refractivity contribution is 0.198. The molecule has 0 unspecified atom stereocenters. The predicted molar refractivity (Wildman–Crippen MR) is 84.5 cm³/mol. The van der Waals surface area contributed by atoms with Gasteiger partial charge in [0.2, 0.25) is 11.8 Å². The second kappa shape index (κ2) is 6.70. The van der Waals surface area contributed by atoms with E-state index in [9.17, 15) is 5.11 Å². The molecule has 7 nitrogen and oxygen atoms in total. The van der Waals surface area contributed by atoms with Crippen LogP contribution in [-0.2, 0) is 0 Å². The van der Waals surface area contributed by atoms with E-state index in [1.807, 2.05) is 4.90 Å². The molecule has 7 heteroatoms. The second-order valence-electron chi connectivity index (χ2n) is 5.23. The van der Waals surface area contributed by atoms with Gasteiger partial charge in [0, 0.05) is 43.6 Å². The highest BCUT2D eigenvalue weighted by molar-refractivity contribution is 5.44. The van der Waals surface area contributed by atoms with Crippen molar-refractivity contribution in [2.24, 2.45) is 0 Å². The van der Waals surface area contributed by atoms with Crippen LogP contribution < -0.4 is 19.1 Å². The minimum absolute atomic E-state index is 0.328. The Hall–Kier alpha value is -2.54. The molecule has 1 aromatic heterocycles. The van der Waals surface area contributed by atoms with Gasteiger partial charge in [-0.1, -0.05) is 0 Å². The molecule has 0 spiro atoms.